The molecule has 0 aromatic carbocycles. The van der Waals surface area contributed by atoms with E-state index in [1.54, 1.807) is 35.6 Å². The van der Waals surface area contributed by atoms with Crippen molar-refractivity contribution in [3.8, 4) is 0 Å². The van der Waals surface area contributed by atoms with Crippen LogP contribution in [0.5, 0.6) is 0 Å². The van der Waals surface area contributed by atoms with Crippen molar-refractivity contribution in [2.45, 2.75) is 19.5 Å². The standard InChI is InChI=1S/C19H17N5O3/c25-17(22-9-5-13-3-7-20-8-4-13)18-23-15-11-24(12-16(15)27-18)19(26)14-2-1-6-21-10-14/h1-4,6-8,10H,5,9,11-12H2,(H,22,25). The average molecular weight is 363 g/mol. The van der Waals surface area contributed by atoms with Crippen LogP contribution in [-0.2, 0) is 19.5 Å². The molecule has 8 nitrogen and oxygen atoms in total. The van der Waals surface area contributed by atoms with E-state index >= 15 is 0 Å². The molecule has 0 saturated carbocycles. The number of nitrogens with zero attached hydrogens (tertiary/aromatic N) is 4. The Labute approximate surface area is 155 Å². The number of pyridine rings is 2. The lowest BCUT2D eigenvalue weighted by molar-refractivity contribution is 0.0740. The Bertz CT molecular complexity index is 932. The van der Waals surface area contributed by atoms with E-state index < -0.39 is 0 Å². The lowest BCUT2D eigenvalue weighted by Gasteiger charge is -2.14. The molecular formula is C19H17N5O3. The monoisotopic (exact) mass is 363 g/mol. The summed E-state index contributed by atoms with van der Waals surface area (Å²) in [4.78, 5) is 38.4. The fraction of sp³-hybridized carbons (Fsp3) is 0.211. The Kier molecular flexibility index (Phi) is 4.61. The molecule has 4 rings (SSSR count). The van der Waals surface area contributed by atoms with Crippen LogP contribution in [0.3, 0.4) is 0 Å². The van der Waals surface area contributed by atoms with Gasteiger partial charge in [0.25, 0.3) is 11.8 Å². The van der Waals surface area contributed by atoms with Gasteiger partial charge in [0.15, 0.2) is 0 Å². The molecule has 8 heteroatoms. The second kappa shape index (κ2) is 7.36. The highest BCUT2D eigenvalue weighted by Gasteiger charge is 2.30. The zero-order valence-electron chi connectivity index (χ0n) is 14.5. The molecule has 136 valence electrons. The first-order valence-corrected chi connectivity index (χ1v) is 8.55. The predicted molar refractivity (Wildman–Crippen MR) is 94.6 cm³/mol. The van der Waals surface area contributed by atoms with Gasteiger partial charge in [-0.3, -0.25) is 19.6 Å². The van der Waals surface area contributed by atoms with Gasteiger partial charge in [0.1, 0.15) is 11.5 Å². The summed E-state index contributed by atoms with van der Waals surface area (Å²) in [5.74, 6) is 0.0815. The van der Waals surface area contributed by atoms with Crippen molar-refractivity contribution in [2.75, 3.05) is 6.54 Å². The summed E-state index contributed by atoms with van der Waals surface area (Å²) in [7, 11) is 0. The van der Waals surface area contributed by atoms with Gasteiger partial charge in [-0.05, 0) is 36.2 Å². The van der Waals surface area contributed by atoms with Crippen molar-refractivity contribution >= 4 is 11.8 Å². The summed E-state index contributed by atoms with van der Waals surface area (Å²) in [5, 5.41) is 2.79. The van der Waals surface area contributed by atoms with Crippen molar-refractivity contribution in [3.05, 3.63) is 77.5 Å². The van der Waals surface area contributed by atoms with Gasteiger partial charge in [-0.1, -0.05) is 0 Å². The van der Waals surface area contributed by atoms with Crippen LogP contribution in [0.4, 0.5) is 0 Å². The number of hydrogen-bond acceptors (Lipinski definition) is 6. The summed E-state index contributed by atoms with van der Waals surface area (Å²) in [6, 6.07) is 7.23. The number of oxazole rings is 1. The molecular weight excluding hydrogens is 346 g/mol. The second-order valence-corrected chi connectivity index (χ2v) is 6.15. The average Bonchev–Trinajstić information content (AvgIpc) is 3.28. The van der Waals surface area contributed by atoms with E-state index in [1.807, 2.05) is 12.1 Å². The fourth-order valence-corrected chi connectivity index (χ4v) is 2.90. The highest BCUT2D eigenvalue weighted by atomic mass is 16.4. The third-order valence-corrected chi connectivity index (χ3v) is 4.29. The maximum absolute atomic E-state index is 12.4. The minimum absolute atomic E-state index is 0.0307. The van der Waals surface area contributed by atoms with Crippen LogP contribution < -0.4 is 5.32 Å². The zero-order chi connectivity index (χ0) is 18.6. The fourth-order valence-electron chi connectivity index (χ4n) is 2.90. The molecule has 3 aromatic rings. The molecule has 0 saturated heterocycles. The molecule has 3 aromatic heterocycles. The normalized spacial score (nSPS) is 12.7. The number of carbonyl (C=O) groups excluding carboxylic acids is 2. The van der Waals surface area contributed by atoms with Crippen LogP contribution in [0.25, 0.3) is 0 Å². The number of amides is 2. The minimum atomic E-state index is -0.358. The van der Waals surface area contributed by atoms with Crippen LogP contribution in [0.2, 0.25) is 0 Å². The van der Waals surface area contributed by atoms with Crippen LogP contribution in [0.15, 0.2) is 53.5 Å². The number of fused-ring (bicyclic) bond motifs is 1. The number of carbonyl (C=O) groups is 2. The summed E-state index contributed by atoms with van der Waals surface area (Å²) >= 11 is 0. The summed E-state index contributed by atoms with van der Waals surface area (Å²) in [5.41, 5.74) is 2.22. The van der Waals surface area contributed by atoms with Crippen molar-refractivity contribution < 1.29 is 14.0 Å². The van der Waals surface area contributed by atoms with E-state index in [-0.39, 0.29) is 17.7 Å². The number of aromatic nitrogens is 3. The van der Waals surface area contributed by atoms with Gasteiger partial charge >= 0.3 is 5.91 Å². The Balaban J connectivity index is 1.33. The SMILES string of the molecule is O=C(NCCc1ccncc1)c1nc2c(o1)CN(C(=O)c1cccnc1)C2. The van der Waals surface area contributed by atoms with Gasteiger partial charge in [0.2, 0.25) is 0 Å². The number of rotatable bonds is 5. The van der Waals surface area contributed by atoms with Crippen LogP contribution in [-0.4, -0.2) is 38.2 Å². The van der Waals surface area contributed by atoms with Gasteiger partial charge in [0, 0.05) is 31.3 Å². The largest absolute Gasteiger partial charge is 0.435 e. The highest BCUT2D eigenvalue weighted by Crippen LogP contribution is 2.24. The molecule has 1 aliphatic heterocycles. The molecule has 27 heavy (non-hydrogen) atoms. The molecule has 0 atom stereocenters. The molecule has 1 N–H and O–H groups in total. The van der Waals surface area contributed by atoms with Gasteiger partial charge in [-0.2, -0.15) is 0 Å². The van der Waals surface area contributed by atoms with E-state index in [0.717, 1.165) is 5.56 Å². The lowest BCUT2D eigenvalue weighted by Crippen LogP contribution is -2.27. The van der Waals surface area contributed by atoms with E-state index in [9.17, 15) is 9.59 Å². The zero-order valence-corrected chi connectivity index (χ0v) is 14.5. The molecule has 0 unspecified atom stereocenters. The molecule has 0 fully saturated rings. The Morgan fingerprint density at radius 3 is 2.70 bits per heavy atom. The first-order valence-electron chi connectivity index (χ1n) is 8.55. The Morgan fingerprint density at radius 1 is 1.11 bits per heavy atom. The van der Waals surface area contributed by atoms with E-state index in [1.165, 1.54) is 6.20 Å². The minimum Gasteiger partial charge on any atom is -0.435 e. The second-order valence-electron chi connectivity index (χ2n) is 6.15. The van der Waals surface area contributed by atoms with Gasteiger partial charge in [-0.25, -0.2) is 4.98 Å². The highest BCUT2D eigenvalue weighted by molar-refractivity contribution is 5.94. The van der Waals surface area contributed by atoms with Crippen molar-refractivity contribution in [1.82, 2.24) is 25.2 Å². The molecule has 0 spiro atoms. The maximum atomic E-state index is 12.4. The molecule has 4 heterocycles. The van der Waals surface area contributed by atoms with Crippen LogP contribution in [0, 0.1) is 0 Å². The van der Waals surface area contributed by atoms with Gasteiger partial charge in [-0.15, -0.1) is 0 Å². The van der Waals surface area contributed by atoms with Crippen molar-refractivity contribution in [3.63, 3.8) is 0 Å². The molecule has 2 amide bonds. The quantitative estimate of drug-likeness (QED) is 0.739. The van der Waals surface area contributed by atoms with Crippen LogP contribution in [0.1, 0.15) is 38.1 Å². The van der Waals surface area contributed by atoms with E-state index in [0.29, 0.717) is 43.1 Å². The Morgan fingerprint density at radius 2 is 1.96 bits per heavy atom. The molecule has 1 aliphatic rings. The van der Waals surface area contributed by atoms with Gasteiger partial charge < -0.3 is 14.6 Å². The van der Waals surface area contributed by atoms with E-state index in [2.05, 4.69) is 20.3 Å². The summed E-state index contributed by atoms with van der Waals surface area (Å²) in [6.07, 6.45) is 7.27. The Hall–Kier alpha value is -3.55. The first kappa shape index (κ1) is 16.9. The molecule has 0 radical (unpaired) electrons. The first-order chi connectivity index (χ1) is 13.2. The van der Waals surface area contributed by atoms with E-state index in [4.69, 9.17) is 4.42 Å². The summed E-state index contributed by atoms with van der Waals surface area (Å²) in [6.45, 7) is 1.08. The lowest BCUT2D eigenvalue weighted by atomic mass is 10.2. The smallest absolute Gasteiger partial charge is 0.307 e. The van der Waals surface area contributed by atoms with Crippen molar-refractivity contribution in [2.24, 2.45) is 0 Å². The summed E-state index contributed by atoms with van der Waals surface area (Å²) < 4.78 is 5.56. The maximum Gasteiger partial charge on any atom is 0.307 e. The number of hydrogen-bond donors (Lipinski definition) is 1. The third kappa shape index (κ3) is 3.69. The third-order valence-electron chi connectivity index (χ3n) is 4.29. The molecule has 0 bridgehead atoms. The topological polar surface area (TPSA) is 101 Å². The predicted octanol–water partition coefficient (Wildman–Crippen LogP) is 1.59. The number of nitrogens with one attached hydrogen (secondary N) is 1. The van der Waals surface area contributed by atoms with Crippen LogP contribution >= 0.6 is 0 Å². The molecule has 0 aliphatic carbocycles. The van der Waals surface area contributed by atoms with Crippen molar-refractivity contribution in [1.29, 1.82) is 0 Å². The van der Waals surface area contributed by atoms with Gasteiger partial charge in [0.05, 0.1) is 18.7 Å².